The summed E-state index contributed by atoms with van der Waals surface area (Å²) in [5.74, 6) is 3.01. The van der Waals surface area contributed by atoms with Crippen molar-refractivity contribution in [1.29, 1.82) is 0 Å². The number of nitrogen functional groups attached to an aromatic ring is 2. The van der Waals surface area contributed by atoms with Crippen LogP contribution in [0.5, 0.6) is 0 Å². The topological polar surface area (TPSA) is 77.8 Å². The molecular weight excluding hydrogens is 252 g/mol. The highest BCUT2D eigenvalue weighted by molar-refractivity contribution is 8.00. The molecule has 1 unspecified atom stereocenters. The first-order valence-corrected chi connectivity index (χ1v) is 7.08. The molecule has 0 radical (unpaired) electrons. The lowest BCUT2D eigenvalue weighted by molar-refractivity contribution is 0.487. The monoisotopic (exact) mass is 270 g/mol. The lowest BCUT2D eigenvalue weighted by Crippen LogP contribution is -2.26. The maximum absolute atomic E-state index is 5.78. The number of thiol groups is 1. The van der Waals surface area contributed by atoms with Gasteiger partial charge in [-0.2, -0.15) is 11.8 Å². The van der Waals surface area contributed by atoms with Gasteiger partial charge in [0.15, 0.2) is 0 Å². The molecule has 1 atom stereocenters. The van der Waals surface area contributed by atoms with Crippen LogP contribution >= 0.6 is 24.4 Å². The van der Waals surface area contributed by atoms with Gasteiger partial charge in [0, 0.05) is 10.7 Å². The Morgan fingerprint density at radius 3 is 2.41 bits per heavy atom. The van der Waals surface area contributed by atoms with Crippen LogP contribution in [0.2, 0.25) is 0 Å². The van der Waals surface area contributed by atoms with Gasteiger partial charge in [-0.1, -0.05) is 13.8 Å². The van der Waals surface area contributed by atoms with Crippen LogP contribution < -0.4 is 11.5 Å². The van der Waals surface area contributed by atoms with Crippen LogP contribution in [0.25, 0.3) is 0 Å². The van der Waals surface area contributed by atoms with Crippen LogP contribution in [0.3, 0.4) is 0 Å². The fraction of sp³-hybridized carbons (Fsp3) is 0.636. The van der Waals surface area contributed by atoms with E-state index in [1.54, 1.807) is 0 Å². The Hall–Kier alpha value is -0.620. The molecule has 4 nitrogen and oxygen atoms in total. The van der Waals surface area contributed by atoms with Gasteiger partial charge in [0.05, 0.1) is 4.90 Å². The second-order valence-electron chi connectivity index (χ2n) is 5.00. The lowest BCUT2D eigenvalue weighted by Gasteiger charge is -2.34. The molecular formula is C11H18N4S2. The summed E-state index contributed by atoms with van der Waals surface area (Å²) in [7, 11) is 0. The minimum absolute atomic E-state index is 0.273. The number of nitrogens with zero attached hydrogens (tertiary/aromatic N) is 2. The average molecular weight is 270 g/mol. The van der Waals surface area contributed by atoms with Crippen molar-refractivity contribution >= 4 is 36.0 Å². The summed E-state index contributed by atoms with van der Waals surface area (Å²) in [6.45, 7) is 4.51. The molecule has 0 aromatic carbocycles. The summed E-state index contributed by atoms with van der Waals surface area (Å²) in [6.07, 6.45) is 2.14. The predicted molar refractivity (Wildman–Crippen MR) is 76.6 cm³/mol. The zero-order chi connectivity index (χ0) is 12.6. The highest BCUT2D eigenvalue weighted by Gasteiger charge is 2.31. The standard InChI is InChI=1S/C11H18N4S2/c1-11(2)5-6(3-4-17-11)10-14-8(12)7(16)9(13)15-10/h6,16H,3-5H2,1-2H3,(H4,12,13,14,15). The van der Waals surface area contributed by atoms with Gasteiger partial charge in [0.2, 0.25) is 0 Å². The van der Waals surface area contributed by atoms with Gasteiger partial charge in [-0.05, 0) is 18.6 Å². The Kier molecular flexibility index (Phi) is 3.45. The Morgan fingerprint density at radius 2 is 1.88 bits per heavy atom. The fourth-order valence-electron chi connectivity index (χ4n) is 2.14. The molecule has 1 fully saturated rings. The summed E-state index contributed by atoms with van der Waals surface area (Å²) < 4.78 is 0.273. The van der Waals surface area contributed by atoms with Gasteiger partial charge in [-0.25, -0.2) is 9.97 Å². The second-order valence-corrected chi connectivity index (χ2v) is 7.25. The lowest BCUT2D eigenvalue weighted by atomic mass is 9.92. The molecule has 2 heterocycles. The van der Waals surface area contributed by atoms with E-state index in [2.05, 4.69) is 36.4 Å². The van der Waals surface area contributed by atoms with Crippen LogP contribution in [0, 0.1) is 0 Å². The highest BCUT2D eigenvalue weighted by atomic mass is 32.2. The average Bonchev–Trinajstić information content (AvgIpc) is 2.23. The van der Waals surface area contributed by atoms with Crippen molar-refractivity contribution in [2.45, 2.75) is 42.2 Å². The van der Waals surface area contributed by atoms with Gasteiger partial charge < -0.3 is 11.5 Å². The smallest absolute Gasteiger partial charge is 0.142 e. The van der Waals surface area contributed by atoms with Gasteiger partial charge in [-0.15, -0.1) is 12.6 Å². The first kappa shape index (κ1) is 12.8. The normalized spacial score (nSPS) is 23.6. The number of hydrogen-bond acceptors (Lipinski definition) is 6. The van der Waals surface area contributed by atoms with E-state index in [1.165, 1.54) is 0 Å². The molecule has 0 amide bonds. The first-order valence-electron chi connectivity index (χ1n) is 5.65. The Morgan fingerprint density at radius 1 is 1.29 bits per heavy atom. The van der Waals surface area contributed by atoms with Gasteiger partial charge in [-0.3, -0.25) is 0 Å². The van der Waals surface area contributed by atoms with E-state index in [9.17, 15) is 0 Å². The first-order chi connectivity index (χ1) is 7.89. The second kappa shape index (κ2) is 4.57. The van der Waals surface area contributed by atoms with Gasteiger partial charge in [0.1, 0.15) is 17.5 Å². The molecule has 1 aromatic heterocycles. The Balaban J connectivity index is 2.28. The number of thioether (sulfide) groups is 1. The predicted octanol–water partition coefficient (Wildman–Crippen LogP) is 2.32. The van der Waals surface area contributed by atoms with Crippen molar-refractivity contribution in [3.05, 3.63) is 5.82 Å². The molecule has 2 rings (SSSR count). The van der Waals surface area contributed by atoms with E-state index in [4.69, 9.17) is 11.5 Å². The maximum Gasteiger partial charge on any atom is 0.142 e. The molecule has 0 saturated carbocycles. The summed E-state index contributed by atoms with van der Waals surface area (Å²) in [5.41, 5.74) is 11.6. The SMILES string of the molecule is CC1(C)CC(c2nc(N)c(S)c(N)n2)CCS1. The van der Waals surface area contributed by atoms with E-state index in [0.717, 1.165) is 24.4 Å². The number of rotatable bonds is 1. The molecule has 1 aliphatic heterocycles. The Labute approximate surface area is 111 Å². The minimum Gasteiger partial charge on any atom is -0.383 e. The van der Waals surface area contributed by atoms with Gasteiger partial charge >= 0.3 is 0 Å². The fourth-order valence-corrected chi connectivity index (χ4v) is 3.52. The zero-order valence-corrected chi connectivity index (χ0v) is 11.8. The maximum atomic E-state index is 5.78. The third-order valence-corrected chi connectivity index (χ3v) is 4.86. The van der Waals surface area contributed by atoms with Crippen molar-refractivity contribution in [3.8, 4) is 0 Å². The molecule has 1 aromatic rings. The van der Waals surface area contributed by atoms with Gasteiger partial charge in [0.25, 0.3) is 0 Å². The molecule has 4 N–H and O–H groups in total. The van der Waals surface area contributed by atoms with E-state index in [1.807, 2.05) is 11.8 Å². The number of aromatic nitrogens is 2. The minimum atomic E-state index is 0.273. The van der Waals surface area contributed by atoms with Crippen LogP contribution in [0.4, 0.5) is 11.6 Å². The number of nitrogens with two attached hydrogens (primary N) is 2. The molecule has 1 aliphatic rings. The van der Waals surface area contributed by atoms with Crippen molar-refractivity contribution in [2.75, 3.05) is 17.2 Å². The summed E-state index contributed by atoms with van der Waals surface area (Å²) >= 11 is 6.17. The van der Waals surface area contributed by atoms with Crippen molar-refractivity contribution in [1.82, 2.24) is 9.97 Å². The molecule has 0 aliphatic carbocycles. The zero-order valence-electron chi connectivity index (χ0n) is 10.1. The van der Waals surface area contributed by atoms with Crippen molar-refractivity contribution in [2.24, 2.45) is 0 Å². The highest BCUT2D eigenvalue weighted by Crippen LogP contribution is 2.42. The molecule has 0 spiro atoms. The van der Waals surface area contributed by atoms with E-state index < -0.39 is 0 Å². The van der Waals surface area contributed by atoms with Crippen LogP contribution in [-0.4, -0.2) is 20.5 Å². The number of hydrogen-bond donors (Lipinski definition) is 3. The van der Waals surface area contributed by atoms with Crippen molar-refractivity contribution < 1.29 is 0 Å². The van der Waals surface area contributed by atoms with Crippen LogP contribution in [-0.2, 0) is 0 Å². The largest absolute Gasteiger partial charge is 0.383 e. The number of anilines is 2. The molecule has 6 heteroatoms. The molecule has 94 valence electrons. The summed E-state index contributed by atoms with van der Waals surface area (Å²) in [4.78, 5) is 9.13. The van der Waals surface area contributed by atoms with E-state index >= 15 is 0 Å². The third kappa shape index (κ3) is 2.80. The summed E-state index contributed by atoms with van der Waals surface area (Å²) in [6, 6.07) is 0. The van der Waals surface area contributed by atoms with Crippen LogP contribution in [0.15, 0.2) is 4.90 Å². The molecule has 0 bridgehead atoms. The van der Waals surface area contributed by atoms with E-state index in [0.29, 0.717) is 22.4 Å². The summed E-state index contributed by atoms with van der Waals surface area (Å²) in [5, 5.41) is 0. The molecule has 1 saturated heterocycles. The third-order valence-electron chi connectivity index (χ3n) is 3.02. The van der Waals surface area contributed by atoms with Crippen molar-refractivity contribution in [3.63, 3.8) is 0 Å². The quantitative estimate of drug-likeness (QED) is 0.683. The Bertz CT molecular complexity index is 410. The molecule has 17 heavy (non-hydrogen) atoms. The van der Waals surface area contributed by atoms with Crippen LogP contribution in [0.1, 0.15) is 38.4 Å². The van der Waals surface area contributed by atoms with E-state index in [-0.39, 0.29) is 4.75 Å².